The number of nitro benzene ring substituents is 2. The molecule has 10 heteroatoms. The standard InChI is InChI=1S/C15H13N5O5/c1-10(21)17-12-4-2-11(3-5-12)9-16-18-14-7-6-13(19(22)23)8-15(14)20(24)25/h2-9,18H,1H3,(H,17,21)/b16-9+. The van der Waals surface area contributed by atoms with Gasteiger partial charge >= 0.3 is 5.69 Å². The quantitative estimate of drug-likeness (QED) is 0.469. The molecule has 0 saturated heterocycles. The molecular weight excluding hydrogens is 330 g/mol. The molecule has 0 saturated carbocycles. The molecule has 0 bridgehead atoms. The normalized spacial score (nSPS) is 10.4. The summed E-state index contributed by atoms with van der Waals surface area (Å²) in [5.74, 6) is -0.187. The predicted octanol–water partition coefficient (Wildman–Crippen LogP) is 2.91. The molecule has 2 rings (SSSR count). The van der Waals surface area contributed by atoms with Gasteiger partial charge in [-0.3, -0.25) is 30.4 Å². The number of carbonyl (C=O) groups excluding carboxylic acids is 1. The highest BCUT2D eigenvalue weighted by Crippen LogP contribution is 2.28. The minimum Gasteiger partial charge on any atom is -0.326 e. The van der Waals surface area contributed by atoms with Crippen LogP contribution in [0, 0.1) is 20.2 Å². The van der Waals surface area contributed by atoms with Crippen LogP contribution in [0.3, 0.4) is 0 Å². The molecule has 2 aromatic carbocycles. The average molecular weight is 343 g/mol. The van der Waals surface area contributed by atoms with E-state index in [-0.39, 0.29) is 17.3 Å². The molecule has 0 aliphatic carbocycles. The molecule has 2 aromatic rings. The third-order valence-corrected chi connectivity index (χ3v) is 3.02. The number of amides is 1. The first-order valence-corrected chi connectivity index (χ1v) is 6.96. The van der Waals surface area contributed by atoms with Crippen LogP contribution >= 0.6 is 0 Å². The van der Waals surface area contributed by atoms with Gasteiger partial charge in [0.2, 0.25) is 5.91 Å². The van der Waals surface area contributed by atoms with E-state index in [9.17, 15) is 25.0 Å². The van der Waals surface area contributed by atoms with Crippen molar-refractivity contribution in [1.29, 1.82) is 0 Å². The van der Waals surface area contributed by atoms with Crippen molar-refractivity contribution in [3.05, 3.63) is 68.3 Å². The van der Waals surface area contributed by atoms with Crippen LogP contribution in [0.15, 0.2) is 47.6 Å². The summed E-state index contributed by atoms with van der Waals surface area (Å²) >= 11 is 0. The van der Waals surface area contributed by atoms with Crippen molar-refractivity contribution < 1.29 is 14.6 Å². The Morgan fingerprint density at radius 3 is 2.32 bits per heavy atom. The number of nitrogens with one attached hydrogen (secondary N) is 2. The van der Waals surface area contributed by atoms with Gasteiger partial charge < -0.3 is 5.32 Å². The Kier molecular flexibility index (Phi) is 5.36. The topological polar surface area (TPSA) is 140 Å². The number of nitro groups is 2. The summed E-state index contributed by atoms with van der Waals surface area (Å²) in [6.07, 6.45) is 1.42. The summed E-state index contributed by atoms with van der Waals surface area (Å²) < 4.78 is 0. The summed E-state index contributed by atoms with van der Waals surface area (Å²) in [6.45, 7) is 1.40. The first kappa shape index (κ1) is 17.5. The molecule has 1 amide bonds. The molecule has 128 valence electrons. The largest absolute Gasteiger partial charge is 0.326 e. The molecule has 0 radical (unpaired) electrons. The van der Waals surface area contributed by atoms with Gasteiger partial charge in [-0.25, -0.2) is 0 Å². The fourth-order valence-electron chi connectivity index (χ4n) is 1.91. The Bertz CT molecular complexity index is 848. The Balaban J connectivity index is 2.12. The van der Waals surface area contributed by atoms with Gasteiger partial charge in [0, 0.05) is 18.7 Å². The number of non-ortho nitro benzene ring substituents is 1. The zero-order valence-electron chi connectivity index (χ0n) is 13.0. The molecule has 0 aliphatic heterocycles. The van der Waals surface area contributed by atoms with Gasteiger partial charge in [-0.15, -0.1) is 0 Å². The summed E-state index contributed by atoms with van der Waals surface area (Å²) in [7, 11) is 0. The van der Waals surface area contributed by atoms with E-state index in [0.717, 1.165) is 12.1 Å². The maximum Gasteiger partial charge on any atom is 0.301 e. The van der Waals surface area contributed by atoms with E-state index in [1.54, 1.807) is 24.3 Å². The minimum absolute atomic E-state index is 0.0294. The molecule has 0 aliphatic rings. The van der Waals surface area contributed by atoms with E-state index in [1.165, 1.54) is 19.2 Å². The number of rotatable bonds is 6. The second-order valence-corrected chi connectivity index (χ2v) is 4.89. The molecule has 0 aromatic heterocycles. The van der Waals surface area contributed by atoms with Crippen molar-refractivity contribution in [1.82, 2.24) is 0 Å². The Morgan fingerprint density at radius 2 is 1.76 bits per heavy atom. The molecule has 0 unspecified atom stereocenters. The van der Waals surface area contributed by atoms with Crippen molar-refractivity contribution in [2.45, 2.75) is 6.92 Å². The van der Waals surface area contributed by atoms with Gasteiger partial charge in [0.15, 0.2) is 0 Å². The molecule has 0 heterocycles. The van der Waals surface area contributed by atoms with Gasteiger partial charge in [0.25, 0.3) is 5.69 Å². The third-order valence-electron chi connectivity index (χ3n) is 3.02. The zero-order chi connectivity index (χ0) is 18.4. The van der Waals surface area contributed by atoms with Crippen molar-refractivity contribution in [2.75, 3.05) is 10.7 Å². The highest BCUT2D eigenvalue weighted by molar-refractivity contribution is 5.89. The summed E-state index contributed by atoms with van der Waals surface area (Å²) in [6, 6.07) is 9.97. The molecule has 0 fully saturated rings. The average Bonchev–Trinajstić information content (AvgIpc) is 2.55. The maximum atomic E-state index is 11.0. The lowest BCUT2D eigenvalue weighted by Gasteiger charge is -2.03. The van der Waals surface area contributed by atoms with Gasteiger partial charge in [-0.2, -0.15) is 5.10 Å². The number of carbonyl (C=O) groups is 1. The minimum atomic E-state index is -0.729. The molecule has 25 heavy (non-hydrogen) atoms. The van der Waals surface area contributed by atoms with Gasteiger partial charge in [-0.05, 0) is 23.8 Å². The second kappa shape index (κ2) is 7.64. The van der Waals surface area contributed by atoms with E-state index >= 15 is 0 Å². The van der Waals surface area contributed by atoms with E-state index in [1.807, 2.05) is 0 Å². The van der Waals surface area contributed by atoms with E-state index < -0.39 is 15.5 Å². The number of hydrazone groups is 1. The highest BCUT2D eigenvalue weighted by Gasteiger charge is 2.18. The van der Waals surface area contributed by atoms with E-state index in [2.05, 4.69) is 15.8 Å². The summed E-state index contributed by atoms with van der Waals surface area (Å²) in [4.78, 5) is 31.2. The second-order valence-electron chi connectivity index (χ2n) is 4.89. The monoisotopic (exact) mass is 343 g/mol. The first-order valence-electron chi connectivity index (χ1n) is 6.96. The van der Waals surface area contributed by atoms with Crippen molar-refractivity contribution in [3.8, 4) is 0 Å². The first-order chi connectivity index (χ1) is 11.9. The van der Waals surface area contributed by atoms with Crippen LogP contribution in [0.5, 0.6) is 0 Å². The summed E-state index contributed by atoms with van der Waals surface area (Å²) in [5.41, 5.74) is 3.00. The molecular formula is C15H13N5O5. The lowest BCUT2D eigenvalue weighted by atomic mass is 10.2. The number of anilines is 2. The number of nitrogens with zero attached hydrogens (tertiary/aromatic N) is 3. The van der Waals surface area contributed by atoms with E-state index in [4.69, 9.17) is 0 Å². The van der Waals surface area contributed by atoms with Crippen LogP contribution in [0.25, 0.3) is 0 Å². The molecule has 0 atom stereocenters. The molecule has 2 N–H and O–H groups in total. The van der Waals surface area contributed by atoms with Gasteiger partial charge in [-0.1, -0.05) is 12.1 Å². The van der Waals surface area contributed by atoms with Crippen molar-refractivity contribution in [3.63, 3.8) is 0 Å². The number of hydrogen-bond donors (Lipinski definition) is 2. The number of benzene rings is 2. The van der Waals surface area contributed by atoms with Crippen molar-refractivity contribution in [2.24, 2.45) is 5.10 Å². The molecule has 10 nitrogen and oxygen atoms in total. The Morgan fingerprint density at radius 1 is 1.08 bits per heavy atom. The van der Waals surface area contributed by atoms with Crippen LogP contribution in [0.2, 0.25) is 0 Å². The van der Waals surface area contributed by atoms with Crippen molar-refractivity contribution >= 4 is 34.9 Å². The SMILES string of the molecule is CC(=O)Nc1ccc(/C=N/Nc2ccc([N+](=O)[O-])cc2[N+](=O)[O-])cc1. The third kappa shape index (κ3) is 4.82. The zero-order valence-corrected chi connectivity index (χ0v) is 13.0. The number of hydrogen-bond acceptors (Lipinski definition) is 7. The van der Waals surface area contributed by atoms with Crippen LogP contribution in [0.4, 0.5) is 22.7 Å². The van der Waals surface area contributed by atoms with Gasteiger partial charge in [0.1, 0.15) is 5.69 Å². The predicted molar refractivity (Wildman–Crippen MR) is 91.7 cm³/mol. The lowest BCUT2D eigenvalue weighted by Crippen LogP contribution is -2.05. The molecule has 0 spiro atoms. The smallest absolute Gasteiger partial charge is 0.301 e. The maximum absolute atomic E-state index is 11.0. The van der Waals surface area contributed by atoms with Crippen LogP contribution < -0.4 is 10.7 Å². The van der Waals surface area contributed by atoms with E-state index in [0.29, 0.717) is 11.3 Å². The Labute approximate surface area is 141 Å². The van der Waals surface area contributed by atoms with Crippen LogP contribution in [-0.2, 0) is 4.79 Å². The summed E-state index contributed by atoms with van der Waals surface area (Å²) in [5, 5.41) is 28.2. The van der Waals surface area contributed by atoms with Gasteiger partial charge in [0.05, 0.1) is 22.1 Å². The fourth-order valence-corrected chi connectivity index (χ4v) is 1.91. The lowest BCUT2D eigenvalue weighted by molar-refractivity contribution is -0.393. The highest BCUT2D eigenvalue weighted by atomic mass is 16.6. The Hall–Kier alpha value is -3.82. The van der Waals surface area contributed by atoms with Crippen LogP contribution in [-0.4, -0.2) is 22.0 Å². The fraction of sp³-hybridized carbons (Fsp3) is 0.0667. The van der Waals surface area contributed by atoms with Crippen LogP contribution in [0.1, 0.15) is 12.5 Å².